The van der Waals surface area contributed by atoms with Crippen molar-refractivity contribution in [2.75, 3.05) is 17.2 Å². The Morgan fingerprint density at radius 2 is 2.24 bits per heavy atom. The first-order valence-electron chi connectivity index (χ1n) is 5.79. The lowest BCUT2D eigenvalue weighted by atomic mass is 10.2. The van der Waals surface area contributed by atoms with E-state index in [1.807, 2.05) is 11.8 Å². The molecule has 0 radical (unpaired) electrons. The third-order valence-corrected chi connectivity index (χ3v) is 4.70. The third-order valence-electron chi connectivity index (χ3n) is 3.36. The maximum absolute atomic E-state index is 4.42. The van der Waals surface area contributed by atoms with Crippen LogP contribution >= 0.6 is 11.8 Å². The molecule has 1 aliphatic rings. The van der Waals surface area contributed by atoms with Gasteiger partial charge in [-0.25, -0.2) is 15.0 Å². The molecule has 2 unspecified atom stereocenters. The largest absolute Gasteiger partial charge is 0.350 e. The van der Waals surface area contributed by atoms with Gasteiger partial charge in [-0.05, 0) is 6.92 Å². The number of aromatic nitrogens is 4. The van der Waals surface area contributed by atoms with Crippen LogP contribution in [0.1, 0.15) is 13.8 Å². The predicted molar refractivity (Wildman–Crippen MR) is 70.4 cm³/mol. The van der Waals surface area contributed by atoms with E-state index >= 15 is 0 Å². The fourth-order valence-corrected chi connectivity index (χ4v) is 3.30. The van der Waals surface area contributed by atoms with Gasteiger partial charge in [0, 0.05) is 23.6 Å². The molecule has 0 bridgehead atoms. The molecule has 2 aromatic heterocycles. The summed E-state index contributed by atoms with van der Waals surface area (Å²) < 4.78 is 0. The molecule has 5 nitrogen and oxygen atoms in total. The van der Waals surface area contributed by atoms with Gasteiger partial charge < -0.3 is 9.88 Å². The zero-order valence-corrected chi connectivity index (χ0v) is 10.7. The molecule has 0 spiro atoms. The average Bonchev–Trinajstić information content (AvgIpc) is 2.81. The van der Waals surface area contributed by atoms with E-state index in [-0.39, 0.29) is 0 Å². The first-order valence-corrected chi connectivity index (χ1v) is 6.84. The predicted octanol–water partition coefficient (Wildman–Crippen LogP) is 1.68. The average molecular weight is 249 g/mol. The number of hydrogen-bond acceptors (Lipinski definition) is 5. The summed E-state index contributed by atoms with van der Waals surface area (Å²) in [5, 5.41) is 0.622. The SMILES string of the molecule is CC1SCCN(c2ncnc3nc[nH]c23)C1C. The fraction of sp³-hybridized carbons (Fsp3) is 0.545. The second kappa shape index (κ2) is 4.18. The van der Waals surface area contributed by atoms with Gasteiger partial charge in [0.25, 0.3) is 0 Å². The Balaban J connectivity index is 2.05. The van der Waals surface area contributed by atoms with E-state index in [2.05, 4.69) is 38.7 Å². The van der Waals surface area contributed by atoms with Crippen molar-refractivity contribution in [3.05, 3.63) is 12.7 Å². The number of aromatic amines is 1. The monoisotopic (exact) mass is 249 g/mol. The van der Waals surface area contributed by atoms with Crippen molar-refractivity contribution in [2.24, 2.45) is 0 Å². The van der Waals surface area contributed by atoms with Gasteiger partial charge in [0.05, 0.1) is 6.33 Å². The minimum atomic E-state index is 0.482. The maximum Gasteiger partial charge on any atom is 0.182 e. The molecule has 90 valence electrons. The molecule has 0 saturated carbocycles. The van der Waals surface area contributed by atoms with Crippen LogP contribution in [0.2, 0.25) is 0 Å². The van der Waals surface area contributed by atoms with Gasteiger partial charge in [-0.15, -0.1) is 0 Å². The Labute approximate surface area is 104 Å². The van der Waals surface area contributed by atoms with E-state index in [9.17, 15) is 0 Å². The van der Waals surface area contributed by atoms with Crippen molar-refractivity contribution >= 4 is 28.7 Å². The van der Waals surface area contributed by atoms with E-state index in [1.54, 1.807) is 12.7 Å². The van der Waals surface area contributed by atoms with Crippen molar-refractivity contribution in [1.82, 2.24) is 19.9 Å². The molecular formula is C11H15N5S. The molecule has 1 saturated heterocycles. The summed E-state index contributed by atoms with van der Waals surface area (Å²) in [6.07, 6.45) is 3.27. The highest BCUT2D eigenvalue weighted by Crippen LogP contribution is 2.30. The summed E-state index contributed by atoms with van der Waals surface area (Å²) in [6.45, 7) is 5.55. The number of hydrogen-bond donors (Lipinski definition) is 1. The molecule has 1 fully saturated rings. The second-order valence-corrected chi connectivity index (χ2v) is 5.79. The maximum atomic E-state index is 4.42. The van der Waals surface area contributed by atoms with Gasteiger partial charge in [0.2, 0.25) is 0 Å². The highest BCUT2D eigenvalue weighted by Gasteiger charge is 2.27. The van der Waals surface area contributed by atoms with Crippen LogP contribution < -0.4 is 4.90 Å². The number of rotatable bonds is 1. The van der Waals surface area contributed by atoms with Crippen LogP contribution in [-0.4, -0.2) is 43.5 Å². The second-order valence-electron chi connectivity index (χ2n) is 4.31. The van der Waals surface area contributed by atoms with Gasteiger partial charge >= 0.3 is 0 Å². The van der Waals surface area contributed by atoms with Gasteiger partial charge in [-0.3, -0.25) is 0 Å². The minimum absolute atomic E-state index is 0.482. The molecule has 0 amide bonds. The summed E-state index contributed by atoms with van der Waals surface area (Å²) in [5.74, 6) is 2.12. The Hall–Kier alpha value is -1.30. The summed E-state index contributed by atoms with van der Waals surface area (Å²) in [6, 6.07) is 0.482. The van der Waals surface area contributed by atoms with E-state index < -0.39 is 0 Å². The Morgan fingerprint density at radius 1 is 1.35 bits per heavy atom. The Bertz CT molecular complexity index is 525. The molecule has 3 rings (SSSR count). The normalized spacial score (nSPS) is 25.4. The molecule has 0 aromatic carbocycles. The lowest BCUT2D eigenvalue weighted by Gasteiger charge is -2.38. The highest BCUT2D eigenvalue weighted by molar-refractivity contribution is 8.00. The van der Waals surface area contributed by atoms with Crippen molar-refractivity contribution in [3.63, 3.8) is 0 Å². The zero-order valence-electron chi connectivity index (χ0n) is 9.92. The van der Waals surface area contributed by atoms with Crippen LogP contribution in [0.3, 0.4) is 0 Å². The number of anilines is 1. The number of nitrogens with zero attached hydrogens (tertiary/aromatic N) is 4. The van der Waals surface area contributed by atoms with Gasteiger partial charge in [0.1, 0.15) is 11.8 Å². The van der Waals surface area contributed by atoms with Crippen molar-refractivity contribution in [3.8, 4) is 0 Å². The minimum Gasteiger partial charge on any atom is -0.350 e. The topological polar surface area (TPSA) is 57.7 Å². The standard InChI is InChI=1S/C11H15N5S/c1-7-8(2)17-4-3-16(7)11-9-10(13-5-12-9)14-6-15-11/h5-8H,3-4H2,1-2H3,(H,12,13,14,15). The lowest BCUT2D eigenvalue weighted by Crippen LogP contribution is -2.45. The molecule has 3 heterocycles. The number of nitrogens with one attached hydrogen (secondary N) is 1. The van der Waals surface area contributed by atoms with Gasteiger partial charge in [0.15, 0.2) is 11.5 Å². The number of H-pyrrole nitrogens is 1. The van der Waals surface area contributed by atoms with Crippen molar-refractivity contribution in [1.29, 1.82) is 0 Å². The lowest BCUT2D eigenvalue weighted by molar-refractivity contribution is 0.621. The summed E-state index contributed by atoms with van der Waals surface area (Å²) in [4.78, 5) is 18.2. The number of thioether (sulfide) groups is 1. The highest BCUT2D eigenvalue weighted by atomic mass is 32.2. The van der Waals surface area contributed by atoms with E-state index in [4.69, 9.17) is 0 Å². The van der Waals surface area contributed by atoms with Gasteiger partial charge in [-0.2, -0.15) is 11.8 Å². The molecule has 2 atom stereocenters. The van der Waals surface area contributed by atoms with E-state index in [1.165, 1.54) is 0 Å². The van der Waals surface area contributed by atoms with Gasteiger partial charge in [-0.1, -0.05) is 6.92 Å². The molecule has 2 aromatic rings. The summed E-state index contributed by atoms with van der Waals surface area (Å²) in [5.41, 5.74) is 1.69. The van der Waals surface area contributed by atoms with Crippen LogP contribution in [0.4, 0.5) is 5.82 Å². The van der Waals surface area contributed by atoms with Crippen molar-refractivity contribution < 1.29 is 0 Å². The third kappa shape index (κ3) is 1.76. The molecular weight excluding hydrogens is 234 g/mol. The van der Waals surface area contributed by atoms with Crippen LogP contribution in [0.15, 0.2) is 12.7 Å². The number of imidazole rings is 1. The molecule has 1 N–H and O–H groups in total. The molecule has 17 heavy (non-hydrogen) atoms. The smallest absolute Gasteiger partial charge is 0.182 e. The van der Waals surface area contributed by atoms with Crippen molar-refractivity contribution in [2.45, 2.75) is 25.1 Å². The van der Waals surface area contributed by atoms with Crippen LogP contribution in [0, 0.1) is 0 Å². The van der Waals surface area contributed by atoms with E-state index in [0.717, 1.165) is 29.3 Å². The summed E-state index contributed by atoms with van der Waals surface area (Å²) in [7, 11) is 0. The first kappa shape index (κ1) is 10.8. The van der Waals surface area contributed by atoms with Crippen LogP contribution in [0.5, 0.6) is 0 Å². The number of fused-ring (bicyclic) bond motifs is 1. The molecule has 1 aliphatic heterocycles. The molecule has 0 aliphatic carbocycles. The Morgan fingerprint density at radius 3 is 3.12 bits per heavy atom. The Kier molecular flexibility index (Phi) is 2.66. The zero-order chi connectivity index (χ0) is 11.8. The quantitative estimate of drug-likeness (QED) is 0.833. The summed E-state index contributed by atoms with van der Waals surface area (Å²) >= 11 is 2.02. The fourth-order valence-electron chi connectivity index (χ4n) is 2.20. The molecule has 6 heteroatoms. The van der Waals surface area contributed by atoms with Crippen LogP contribution in [-0.2, 0) is 0 Å². The first-order chi connectivity index (χ1) is 8.27. The van der Waals surface area contributed by atoms with E-state index in [0.29, 0.717) is 11.3 Å². The van der Waals surface area contributed by atoms with Crippen LogP contribution in [0.25, 0.3) is 11.2 Å².